The van der Waals surface area contributed by atoms with E-state index in [2.05, 4.69) is 0 Å². The first-order valence-corrected chi connectivity index (χ1v) is 7.78. The van der Waals surface area contributed by atoms with Gasteiger partial charge in [-0.2, -0.15) is 0 Å². The van der Waals surface area contributed by atoms with Gasteiger partial charge in [0, 0.05) is 12.1 Å². The SMILES string of the molecule is O=C(Oc1cccc(O)c1)c1ccc(O)cc1C(=O)Oc1cccc(O)c1. The third kappa shape index (κ3) is 4.35. The lowest BCUT2D eigenvalue weighted by atomic mass is 10.1. The predicted octanol–water partition coefficient (Wildman–Crippen LogP) is 3.24. The van der Waals surface area contributed by atoms with Gasteiger partial charge in [-0.25, -0.2) is 9.59 Å². The van der Waals surface area contributed by atoms with Crippen molar-refractivity contribution in [2.45, 2.75) is 0 Å². The van der Waals surface area contributed by atoms with E-state index in [4.69, 9.17) is 9.47 Å². The number of phenols is 3. The van der Waals surface area contributed by atoms with Crippen LogP contribution in [0.2, 0.25) is 0 Å². The molecular formula is C20H14O7. The lowest BCUT2D eigenvalue weighted by Gasteiger charge is -2.10. The van der Waals surface area contributed by atoms with Crippen LogP contribution in [0.3, 0.4) is 0 Å². The first-order chi connectivity index (χ1) is 12.9. The number of phenolic OH excluding ortho intramolecular Hbond substituents is 3. The van der Waals surface area contributed by atoms with E-state index in [0.29, 0.717) is 0 Å². The first kappa shape index (κ1) is 17.8. The highest BCUT2D eigenvalue weighted by molar-refractivity contribution is 6.04. The van der Waals surface area contributed by atoms with Crippen LogP contribution in [0.4, 0.5) is 0 Å². The Labute approximate surface area is 153 Å². The van der Waals surface area contributed by atoms with E-state index in [1.54, 1.807) is 0 Å². The van der Waals surface area contributed by atoms with Crippen molar-refractivity contribution in [2.24, 2.45) is 0 Å². The van der Waals surface area contributed by atoms with E-state index in [1.807, 2.05) is 0 Å². The molecule has 27 heavy (non-hydrogen) atoms. The lowest BCUT2D eigenvalue weighted by molar-refractivity contribution is 0.0691. The molecule has 0 fully saturated rings. The van der Waals surface area contributed by atoms with Crippen LogP contribution in [0.15, 0.2) is 66.7 Å². The average molecular weight is 366 g/mol. The summed E-state index contributed by atoms with van der Waals surface area (Å²) in [5.41, 5.74) is -0.357. The molecule has 0 bridgehead atoms. The number of hydrogen-bond acceptors (Lipinski definition) is 7. The largest absolute Gasteiger partial charge is 0.508 e. The molecule has 0 aliphatic rings. The molecule has 0 aromatic heterocycles. The summed E-state index contributed by atoms with van der Waals surface area (Å²) in [5.74, 6) is -2.07. The van der Waals surface area contributed by atoms with Gasteiger partial charge >= 0.3 is 11.9 Å². The number of hydrogen-bond donors (Lipinski definition) is 3. The van der Waals surface area contributed by atoms with Crippen molar-refractivity contribution in [3.05, 3.63) is 77.9 Å². The van der Waals surface area contributed by atoms with Gasteiger partial charge in [0.25, 0.3) is 0 Å². The fourth-order valence-corrected chi connectivity index (χ4v) is 2.30. The molecule has 136 valence electrons. The van der Waals surface area contributed by atoms with E-state index < -0.39 is 11.9 Å². The second-order valence-electron chi connectivity index (χ2n) is 5.50. The highest BCUT2D eigenvalue weighted by Gasteiger charge is 2.21. The predicted molar refractivity (Wildman–Crippen MR) is 94.2 cm³/mol. The number of esters is 2. The quantitative estimate of drug-likeness (QED) is 0.480. The molecule has 0 unspecified atom stereocenters. The van der Waals surface area contributed by atoms with E-state index in [1.165, 1.54) is 60.7 Å². The third-order valence-electron chi connectivity index (χ3n) is 3.50. The number of aromatic hydroxyl groups is 3. The van der Waals surface area contributed by atoms with Crippen molar-refractivity contribution >= 4 is 11.9 Å². The molecule has 0 aliphatic heterocycles. The number of carbonyl (C=O) groups is 2. The molecule has 0 amide bonds. The molecular weight excluding hydrogens is 352 g/mol. The lowest BCUT2D eigenvalue weighted by Crippen LogP contribution is -2.17. The number of benzene rings is 3. The zero-order valence-electron chi connectivity index (χ0n) is 13.8. The van der Waals surface area contributed by atoms with Crippen LogP contribution < -0.4 is 9.47 Å². The van der Waals surface area contributed by atoms with Gasteiger partial charge in [-0.1, -0.05) is 12.1 Å². The Hall–Kier alpha value is -4.00. The van der Waals surface area contributed by atoms with Crippen molar-refractivity contribution in [3.8, 4) is 28.7 Å². The van der Waals surface area contributed by atoms with E-state index in [0.717, 1.165) is 6.07 Å². The standard InChI is InChI=1S/C20H14O7/c21-12-3-1-5-15(9-12)26-19(24)17-8-7-14(23)11-18(17)20(25)27-16-6-2-4-13(22)10-16/h1-11,21-23H. The Kier molecular flexibility index (Phi) is 4.94. The first-order valence-electron chi connectivity index (χ1n) is 7.78. The number of rotatable bonds is 4. The molecule has 0 saturated carbocycles. The van der Waals surface area contributed by atoms with Gasteiger partial charge in [0.1, 0.15) is 28.7 Å². The van der Waals surface area contributed by atoms with Crippen LogP contribution in [0.25, 0.3) is 0 Å². The summed E-state index contributed by atoms with van der Waals surface area (Å²) < 4.78 is 10.3. The number of carbonyl (C=O) groups excluding carboxylic acids is 2. The molecule has 0 spiro atoms. The maximum absolute atomic E-state index is 12.4. The third-order valence-corrected chi connectivity index (χ3v) is 3.50. The zero-order valence-corrected chi connectivity index (χ0v) is 13.8. The molecule has 0 aliphatic carbocycles. The van der Waals surface area contributed by atoms with Gasteiger partial charge in [-0.15, -0.1) is 0 Å². The molecule has 3 rings (SSSR count). The molecule has 7 heteroatoms. The van der Waals surface area contributed by atoms with Crippen LogP contribution in [0, 0.1) is 0 Å². The number of ether oxygens (including phenoxy) is 2. The molecule has 3 N–H and O–H groups in total. The van der Waals surface area contributed by atoms with Crippen LogP contribution in [0.5, 0.6) is 28.7 Å². The van der Waals surface area contributed by atoms with Gasteiger partial charge < -0.3 is 24.8 Å². The monoisotopic (exact) mass is 366 g/mol. The Morgan fingerprint density at radius 2 is 1.07 bits per heavy atom. The van der Waals surface area contributed by atoms with Crippen LogP contribution in [0.1, 0.15) is 20.7 Å². The summed E-state index contributed by atoms with van der Waals surface area (Å²) in [5, 5.41) is 28.6. The van der Waals surface area contributed by atoms with Crippen LogP contribution in [-0.2, 0) is 0 Å². The Morgan fingerprint density at radius 3 is 1.59 bits per heavy atom. The zero-order chi connectivity index (χ0) is 19.4. The van der Waals surface area contributed by atoms with E-state index in [-0.39, 0.29) is 39.9 Å². The Bertz CT molecular complexity index is 1010. The minimum Gasteiger partial charge on any atom is -0.508 e. The fraction of sp³-hybridized carbons (Fsp3) is 0. The Balaban J connectivity index is 1.88. The van der Waals surface area contributed by atoms with Crippen LogP contribution in [-0.4, -0.2) is 27.3 Å². The van der Waals surface area contributed by atoms with E-state index >= 15 is 0 Å². The fourth-order valence-electron chi connectivity index (χ4n) is 2.30. The summed E-state index contributed by atoms with van der Waals surface area (Å²) in [6, 6.07) is 14.7. The average Bonchev–Trinajstić information content (AvgIpc) is 2.61. The minimum absolute atomic E-state index is 0.0654. The highest BCUT2D eigenvalue weighted by Crippen LogP contribution is 2.24. The summed E-state index contributed by atoms with van der Waals surface area (Å²) in [6.07, 6.45) is 0. The van der Waals surface area contributed by atoms with Gasteiger partial charge in [0.05, 0.1) is 11.1 Å². The van der Waals surface area contributed by atoms with Crippen molar-refractivity contribution < 1.29 is 34.4 Å². The minimum atomic E-state index is -0.917. The topological polar surface area (TPSA) is 113 Å². The second-order valence-corrected chi connectivity index (χ2v) is 5.50. The van der Waals surface area contributed by atoms with Gasteiger partial charge in [0.2, 0.25) is 0 Å². The second kappa shape index (κ2) is 7.49. The van der Waals surface area contributed by atoms with Gasteiger partial charge in [-0.05, 0) is 42.5 Å². The summed E-state index contributed by atoms with van der Waals surface area (Å²) in [6.45, 7) is 0. The smallest absolute Gasteiger partial charge is 0.344 e. The van der Waals surface area contributed by atoms with Crippen molar-refractivity contribution in [1.82, 2.24) is 0 Å². The summed E-state index contributed by atoms with van der Waals surface area (Å²) in [4.78, 5) is 24.9. The molecule has 0 atom stereocenters. The molecule has 3 aromatic carbocycles. The van der Waals surface area contributed by atoms with Gasteiger partial charge in [-0.3, -0.25) is 0 Å². The molecule has 0 saturated heterocycles. The van der Waals surface area contributed by atoms with Crippen molar-refractivity contribution in [2.75, 3.05) is 0 Å². The van der Waals surface area contributed by atoms with Crippen molar-refractivity contribution in [1.29, 1.82) is 0 Å². The Morgan fingerprint density at radius 1 is 0.593 bits per heavy atom. The normalized spacial score (nSPS) is 10.2. The highest BCUT2D eigenvalue weighted by atomic mass is 16.5. The van der Waals surface area contributed by atoms with E-state index in [9.17, 15) is 24.9 Å². The summed E-state index contributed by atoms with van der Waals surface area (Å²) in [7, 11) is 0. The van der Waals surface area contributed by atoms with Gasteiger partial charge in [0.15, 0.2) is 0 Å². The molecule has 7 nitrogen and oxygen atoms in total. The van der Waals surface area contributed by atoms with Crippen molar-refractivity contribution in [3.63, 3.8) is 0 Å². The van der Waals surface area contributed by atoms with Crippen LogP contribution >= 0.6 is 0 Å². The summed E-state index contributed by atoms with van der Waals surface area (Å²) >= 11 is 0. The molecule has 0 heterocycles. The maximum atomic E-state index is 12.4. The molecule has 0 radical (unpaired) electrons. The molecule has 3 aromatic rings. The maximum Gasteiger partial charge on any atom is 0.344 e.